The van der Waals surface area contributed by atoms with Crippen molar-refractivity contribution in [1.82, 2.24) is 0 Å². The Kier molecular flexibility index (Phi) is 3.92. The van der Waals surface area contributed by atoms with Gasteiger partial charge in [0.05, 0.1) is 6.26 Å². The van der Waals surface area contributed by atoms with E-state index in [1.807, 2.05) is 24.3 Å². The van der Waals surface area contributed by atoms with Gasteiger partial charge in [-0.05, 0) is 28.8 Å². The quantitative estimate of drug-likeness (QED) is 0.462. The van der Waals surface area contributed by atoms with Crippen LogP contribution in [0, 0.1) is 0 Å². The highest BCUT2D eigenvalue weighted by Crippen LogP contribution is 2.18. The van der Waals surface area contributed by atoms with Crippen molar-refractivity contribution in [2.45, 2.75) is 6.42 Å². The predicted octanol–water partition coefficient (Wildman–Crippen LogP) is 3.63. The number of fused-ring (bicyclic) bond motifs is 1. The topological polar surface area (TPSA) is 26.3 Å². The molecule has 2 nitrogen and oxygen atoms in total. The summed E-state index contributed by atoms with van der Waals surface area (Å²) in [5, 5.41) is 2.44. The number of carbonyl (C=O) groups excluding carboxylic acids is 1. The maximum absolute atomic E-state index is 10.8. The van der Waals surface area contributed by atoms with Crippen LogP contribution >= 0.6 is 0 Å². The van der Waals surface area contributed by atoms with Gasteiger partial charge in [0.2, 0.25) is 0 Å². The summed E-state index contributed by atoms with van der Waals surface area (Å²) in [7, 11) is 0. The predicted molar refractivity (Wildman–Crippen MR) is 73.1 cm³/mol. The van der Waals surface area contributed by atoms with Gasteiger partial charge in [0.1, 0.15) is 0 Å². The lowest BCUT2D eigenvalue weighted by molar-refractivity contribution is -0.132. The van der Waals surface area contributed by atoms with E-state index >= 15 is 0 Å². The highest BCUT2D eigenvalue weighted by atomic mass is 16.5. The van der Waals surface area contributed by atoms with Crippen LogP contribution in [-0.4, -0.2) is 5.97 Å². The summed E-state index contributed by atoms with van der Waals surface area (Å²) >= 11 is 0. The molecule has 0 spiro atoms. The van der Waals surface area contributed by atoms with Crippen LogP contribution in [0.2, 0.25) is 0 Å². The van der Waals surface area contributed by atoms with Crippen molar-refractivity contribution < 1.29 is 9.53 Å². The highest BCUT2D eigenvalue weighted by molar-refractivity contribution is 5.85. The van der Waals surface area contributed by atoms with Gasteiger partial charge in [-0.3, -0.25) is 0 Å². The van der Waals surface area contributed by atoms with E-state index in [-0.39, 0.29) is 0 Å². The molecular formula is C16H14O2. The van der Waals surface area contributed by atoms with Crippen LogP contribution in [0.1, 0.15) is 5.56 Å². The van der Waals surface area contributed by atoms with E-state index in [2.05, 4.69) is 30.8 Å². The molecule has 0 bridgehead atoms. The fraction of sp³-hybridized carbons (Fsp3) is 0.0625. The molecule has 0 aromatic heterocycles. The molecule has 0 unspecified atom stereocenters. The summed E-state index contributed by atoms with van der Waals surface area (Å²) in [6.45, 7) is 3.33. The van der Waals surface area contributed by atoms with E-state index in [1.54, 1.807) is 0 Å². The Morgan fingerprint density at radius 3 is 2.78 bits per heavy atom. The van der Waals surface area contributed by atoms with Crippen molar-refractivity contribution in [3.8, 4) is 0 Å². The summed E-state index contributed by atoms with van der Waals surface area (Å²) in [5.74, 6) is -0.441. The first-order chi connectivity index (χ1) is 8.81. The molecule has 0 fully saturated rings. The average Bonchev–Trinajstić information content (AvgIpc) is 2.43. The van der Waals surface area contributed by atoms with Gasteiger partial charge in [0.15, 0.2) is 0 Å². The molecular weight excluding hydrogens is 224 g/mol. The van der Waals surface area contributed by atoms with Crippen LogP contribution in [0.4, 0.5) is 0 Å². The second-order valence-corrected chi connectivity index (χ2v) is 3.86. The molecule has 0 aliphatic rings. The summed E-state index contributed by atoms with van der Waals surface area (Å²) in [4.78, 5) is 10.8. The molecule has 18 heavy (non-hydrogen) atoms. The molecule has 0 N–H and O–H groups in total. The lowest BCUT2D eigenvalue weighted by Gasteiger charge is -2.03. The number of carbonyl (C=O) groups is 1. The fourth-order valence-electron chi connectivity index (χ4n) is 1.81. The number of allylic oxidation sites excluding steroid dienone is 1. The molecule has 0 amide bonds. The van der Waals surface area contributed by atoms with Gasteiger partial charge in [0, 0.05) is 6.08 Å². The van der Waals surface area contributed by atoms with Gasteiger partial charge in [-0.15, -0.1) is 0 Å². The van der Waals surface area contributed by atoms with Gasteiger partial charge in [-0.1, -0.05) is 49.0 Å². The van der Waals surface area contributed by atoms with Gasteiger partial charge < -0.3 is 4.74 Å². The maximum atomic E-state index is 10.8. The number of hydrogen-bond acceptors (Lipinski definition) is 2. The van der Waals surface area contributed by atoms with Crippen LogP contribution in [-0.2, 0) is 16.0 Å². The Labute approximate surface area is 106 Å². The monoisotopic (exact) mass is 238 g/mol. The standard InChI is InChI=1S/C16H14O2/c1-2-16(17)18-12-6-10-14-9-5-8-13-7-3-4-11-15(13)14/h2-9,11-12H,1,10H2. The van der Waals surface area contributed by atoms with Gasteiger partial charge >= 0.3 is 5.97 Å². The van der Waals surface area contributed by atoms with E-state index < -0.39 is 5.97 Å². The Balaban J connectivity index is 2.12. The lowest BCUT2D eigenvalue weighted by atomic mass is 10.0. The van der Waals surface area contributed by atoms with Gasteiger partial charge in [-0.25, -0.2) is 4.79 Å². The van der Waals surface area contributed by atoms with Crippen molar-refractivity contribution in [3.05, 3.63) is 73.0 Å². The number of hydrogen-bond donors (Lipinski definition) is 0. The third-order valence-electron chi connectivity index (χ3n) is 2.66. The van der Waals surface area contributed by atoms with Gasteiger partial charge in [-0.2, -0.15) is 0 Å². The maximum Gasteiger partial charge on any atom is 0.334 e. The van der Waals surface area contributed by atoms with E-state index in [4.69, 9.17) is 4.74 Å². The van der Waals surface area contributed by atoms with Crippen LogP contribution in [0.5, 0.6) is 0 Å². The van der Waals surface area contributed by atoms with E-state index in [1.165, 1.54) is 22.6 Å². The Morgan fingerprint density at radius 1 is 1.17 bits per heavy atom. The van der Waals surface area contributed by atoms with Crippen LogP contribution < -0.4 is 0 Å². The van der Waals surface area contributed by atoms with Crippen molar-refractivity contribution in [2.24, 2.45) is 0 Å². The number of benzene rings is 2. The van der Waals surface area contributed by atoms with E-state index in [0.717, 1.165) is 12.5 Å². The smallest absolute Gasteiger partial charge is 0.334 e. The molecule has 0 saturated carbocycles. The Hall–Kier alpha value is -2.35. The first-order valence-corrected chi connectivity index (χ1v) is 5.76. The number of ether oxygens (including phenoxy) is 1. The first kappa shape index (κ1) is 12.1. The minimum absolute atomic E-state index is 0.441. The Bertz CT molecular complexity index is 592. The molecule has 2 aromatic rings. The minimum atomic E-state index is -0.441. The molecule has 2 rings (SSSR count). The molecule has 0 aliphatic heterocycles. The third kappa shape index (κ3) is 2.86. The number of rotatable bonds is 4. The van der Waals surface area contributed by atoms with Crippen molar-refractivity contribution in [2.75, 3.05) is 0 Å². The van der Waals surface area contributed by atoms with Gasteiger partial charge in [0.25, 0.3) is 0 Å². The second kappa shape index (κ2) is 5.82. The SMILES string of the molecule is C=CC(=O)OC=CCc1cccc2ccccc12. The minimum Gasteiger partial charge on any atom is -0.432 e. The third-order valence-corrected chi connectivity index (χ3v) is 2.66. The molecule has 0 aliphatic carbocycles. The molecule has 2 aromatic carbocycles. The van der Waals surface area contributed by atoms with Crippen LogP contribution in [0.25, 0.3) is 10.8 Å². The summed E-state index contributed by atoms with van der Waals surface area (Å²) in [6.07, 6.45) is 5.10. The molecule has 2 heteroatoms. The van der Waals surface area contributed by atoms with Crippen LogP contribution in [0.15, 0.2) is 67.5 Å². The summed E-state index contributed by atoms with van der Waals surface area (Å²) in [6, 6.07) is 14.4. The average molecular weight is 238 g/mol. The molecule has 0 heterocycles. The molecule has 90 valence electrons. The van der Waals surface area contributed by atoms with Crippen molar-refractivity contribution in [1.29, 1.82) is 0 Å². The van der Waals surface area contributed by atoms with Crippen LogP contribution in [0.3, 0.4) is 0 Å². The van der Waals surface area contributed by atoms with E-state index in [9.17, 15) is 4.79 Å². The number of esters is 1. The zero-order valence-corrected chi connectivity index (χ0v) is 10.0. The lowest BCUT2D eigenvalue weighted by Crippen LogP contribution is -1.92. The normalized spacial score (nSPS) is 10.7. The zero-order valence-electron chi connectivity index (χ0n) is 10.0. The molecule has 0 saturated heterocycles. The highest BCUT2D eigenvalue weighted by Gasteiger charge is 1.98. The van der Waals surface area contributed by atoms with Crippen molar-refractivity contribution in [3.63, 3.8) is 0 Å². The molecule has 0 radical (unpaired) electrons. The Morgan fingerprint density at radius 2 is 1.94 bits per heavy atom. The van der Waals surface area contributed by atoms with Crippen molar-refractivity contribution >= 4 is 16.7 Å². The molecule has 0 atom stereocenters. The zero-order chi connectivity index (χ0) is 12.8. The first-order valence-electron chi connectivity index (χ1n) is 5.76. The van der Waals surface area contributed by atoms with E-state index in [0.29, 0.717) is 0 Å². The second-order valence-electron chi connectivity index (χ2n) is 3.86. The summed E-state index contributed by atoms with van der Waals surface area (Å²) in [5.41, 5.74) is 1.21. The summed E-state index contributed by atoms with van der Waals surface area (Å²) < 4.78 is 4.79. The largest absolute Gasteiger partial charge is 0.432 e. The fourth-order valence-corrected chi connectivity index (χ4v) is 1.81.